The maximum atomic E-state index is 13.7. The zero-order chi connectivity index (χ0) is 25.2. The molecule has 2 aromatic rings. The fourth-order valence-corrected chi connectivity index (χ4v) is 3.33. The lowest BCUT2D eigenvalue weighted by Gasteiger charge is -2.38. The number of rotatable bonds is 2. The van der Waals surface area contributed by atoms with Crippen LogP contribution in [0.25, 0.3) is 0 Å². The van der Waals surface area contributed by atoms with Gasteiger partial charge in [0.05, 0.1) is 0 Å². The maximum Gasteiger partial charge on any atom is 0.411 e. The minimum Gasteiger partial charge on any atom is -0.171 e. The molecular weight excluding hydrogens is 698 g/mol. The Morgan fingerprint density at radius 1 is 0.469 bits per heavy atom. The van der Waals surface area contributed by atoms with Crippen molar-refractivity contribution in [1.82, 2.24) is 0 Å². The standard InChI is InChI=1S/C15H8F6I2.C3H2F6/c16-14(17,18)13(15(19,20)21,9-1-5-11(22)6-2-9)10-3-7-12(23)8-4-10;4-2(5,6)1-3(7,8)9/h1-8H;1H2. The molecule has 0 saturated carbocycles. The predicted molar refractivity (Wildman–Crippen MR) is 108 cm³/mol. The second-order valence-corrected chi connectivity index (χ2v) is 8.66. The first-order chi connectivity index (χ1) is 14.2. The predicted octanol–water partition coefficient (Wildman–Crippen LogP) is 8.81. The Balaban J connectivity index is 0.000000482. The number of halogens is 14. The highest BCUT2D eigenvalue weighted by atomic mass is 127. The van der Waals surface area contributed by atoms with E-state index in [1.54, 1.807) is 0 Å². The van der Waals surface area contributed by atoms with Gasteiger partial charge in [-0.3, -0.25) is 0 Å². The Bertz CT molecular complexity index is 786. The van der Waals surface area contributed by atoms with Gasteiger partial charge in [-0.05, 0) is 80.6 Å². The zero-order valence-corrected chi connectivity index (χ0v) is 19.4. The summed E-state index contributed by atoms with van der Waals surface area (Å²) in [6, 6.07) is 8.43. The molecule has 2 aromatic carbocycles. The zero-order valence-electron chi connectivity index (χ0n) is 15.1. The van der Waals surface area contributed by atoms with Crippen LogP contribution >= 0.6 is 45.2 Å². The third-order valence-electron chi connectivity index (χ3n) is 3.81. The molecule has 0 unspecified atom stereocenters. The van der Waals surface area contributed by atoms with Crippen molar-refractivity contribution in [3.8, 4) is 0 Å². The summed E-state index contributed by atoms with van der Waals surface area (Å²) < 4.78 is 148. The van der Waals surface area contributed by atoms with Gasteiger partial charge < -0.3 is 0 Å². The molecule has 32 heavy (non-hydrogen) atoms. The van der Waals surface area contributed by atoms with E-state index < -0.39 is 47.7 Å². The largest absolute Gasteiger partial charge is 0.411 e. The molecule has 0 aliphatic rings. The van der Waals surface area contributed by atoms with Crippen LogP contribution in [0.1, 0.15) is 17.5 Å². The van der Waals surface area contributed by atoms with Gasteiger partial charge in [0.15, 0.2) is 0 Å². The molecule has 0 fully saturated rings. The van der Waals surface area contributed by atoms with Crippen molar-refractivity contribution in [1.29, 1.82) is 0 Å². The summed E-state index contributed by atoms with van der Waals surface area (Å²) >= 11 is 3.64. The number of alkyl halides is 12. The maximum absolute atomic E-state index is 13.7. The minimum absolute atomic E-state index is 0.548. The van der Waals surface area contributed by atoms with Gasteiger partial charge in [0.25, 0.3) is 0 Å². The summed E-state index contributed by atoms with van der Waals surface area (Å²) in [5.74, 6) is 0. The van der Waals surface area contributed by atoms with Crippen LogP contribution in [0, 0.1) is 7.14 Å². The van der Waals surface area contributed by atoms with Crippen molar-refractivity contribution in [3.63, 3.8) is 0 Å². The smallest absolute Gasteiger partial charge is 0.171 e. The SMILES string of the molecule is FC(F)(F)C(c1ccc(I)cc1)(c1ccc(I)cc1)C(F)(F)F.FC(F)(F)CC(F)(F)F. The quantitative estimate of drug-likeness (QED) is 0.216. The van der Waals surface area contributed by atoms with Crippen LogP contribution in [0.5, 0.6) is 0 Å². The Labute approximate surface area is 200 Å². The van der Waals surface area contributed by atoms with E-state index in [2.05, 4.69) is 0 Å². The van der Waals surface area contributed by atoms with Crippen LogP contribution in [0.15, 0.2) is 48.5 Å². The second kappa shape index (κ2) is 10.1. The van der Waals surface area contributed by atoms with Crippen molar-refractivity contribution in [3.05, 3.63) is 66.8 Å². The summed E-state index contributed by atoms with van der Waals surface area (Å²) in [5.41, 5.74) is -5.76. The summed E-state index contributed by atoms with van der Waals surface area (Å²) in [6.45, 7) is 0. The van der Waals surface area contributed by atoms with Gasteiger partial charge in [0, 0.05) is 7.14 Å². The average Bonchev–Trinajstić information content (AvgIpc) is 2.53. The van der Waals surface area contributed by atoms with Crippen molar-refractivity contribution in [2.75, 3.05) is 0 Å². The molecule has 14 heteroatoms. The van der Waals surface area contributed by atoms with Gasteiger partial charge in [-0.1, -0.05) is 24.3 Å². The highest BCUT2D eigenvalue weighted by molar-refractivity contribution is 14.1. The van der Waals surface area contributed by atoms with Gasteiger partial charge >= 0.3 is 24.7 Å². The van der Waals surface area contributed by atoms with Gasteiger partial charge in [-0.2, -0.15) is 52.7 Å². The Morgan fingerprint density at radius 3 is 0.875 bits per heavy atom. The van der Waals surface area contributed by atoms with Crippen molar-refractivity contribution >= 4 is 45.2 Å². The fraction of sp³-hybridized carbons (Fsp3) is 0.333. The molecule has 2 rings (SSSR count). The van der Waals surface area contributed by atoms with Crippen molar-refractivity contribution in [2.24, 2.45) is 0 Å². The van der Waals surface area contributed by atoms with Gasteiger partial charge in [0.2, 0.25) is 5.41 Å². The topological polar surface area (TPSA) is 0 Å². The van der Waals surface area contributed by atoms with E-state index >= 15 is 0 Å². The Morgan fingerprint density at radius 2 is 0.719 bits per heavy atom. The summed E-state index contributed by atoms with van der Waals surface area (Å²) in [5, 5.41) is 0. The molecule has 0 aromatic heterocycles. The van der Waals surface area contributed by atoms with E-state index in [9.17, 15) is 52.7 Å². The fourth-order valence-electron chi connectivity index (χ4n) is 2.61. The highest BCUT2D eigenvalue weighted by Crippen LogP contribution is 2.56. The van der Waals surface area contributed by atoms with Crippen LogP contribution < -0.4 is 0 Å². The molecule has 0 nitrogen and oxygen atoms in total. The monoisotopic (exact) mass is 708 g/mol. The second-order valence-electron chi connectivity index (χ2n) is 6.17. The Kier molecular flexibility index (Phi) is 9.21. The summed E-state index contributed by atoms with van der Waals surface area (Å²) in [7, 11) is 0. The lowest BCUT2D eigenvalue weighted by Crippen LogP contribution is -2.54. The van der Waals surface area contributed by atoms with Gasteiger partial charge in [-0.25, -0.2) is 0 Å². The third kappa shape index (κ3) is 7.55. The molecule has 0 aliphatic carbocycles. The van der Waals surface area contributed by atoms with E-state index in [4.69, 9.17) is 0 Å². The van der Waals surface area contributed by atoms with E-state index in [-0.39, 0.29) is 0 Å². The summed E-state index contributed by atoms with van der Waals surface area (Å²) in [6.07, 6.45) is -24.1. The first-order valence-corrected chi connectivity index (χ1v) is 10.2. The number of benzene rings is 2. The lowest BCUT2D eigenvalue weighted by molar-refractivity contribution is -0.288. The third-order valence-corrected chi connectivity index (χ3v) is 5.24. The molecule has 0 heterocycles. The Hall–Kier alpha value is -0.940. The van der Waals surface area contributed by atoms with E-state index in [0.717, 1.165) is 24.3 Å². The normalized spacial score (nSPS) is 13.4. The molecule has 0 radical (unpaired) electrons. The van der Waals surface area contributed by atoms with Gasteiger partial charge in [-0.15, -0.1) is 0 Å². The van der Waals surface area contributed by atoms with Crippen LogP contribution in [0.3, 0.4) is 0 Å². The molecular formula is C18H10F12I2. The van der Waals surface area contributed by atoms with E-state index in [1.807, 2.05) is 45.2 Å². The first kappa shape index (κ1) is 29.1. The number of hydrogen-bond acceptors (Lipinski definition) is 0. The minimum atomic E-state index is -5.54. The van der Waals surface area contributed by atoms with E-state index in [1.165, 1.54) is 24.3 Å². The van der Waals surface area contributed by atoms with Crippen LogP contribution in [0.2, 0.25) is 0 Å². The molecule has 0 amide bonds. The van der Waals surface area contributed by atoms with Crippen LogP contribution in [0.4, 0.5) is 52.7 Å². The highest BCUT2D eigenvalue weighted by Gasteiger charge is 2.72. The molecule has 0 aliphatic heterocycles. The molecule has 180 valence electrons. The van der Waals surface area contributed by atoms with E-state index in [0.29, 0.717) is 7.14 Å². The molecule has 0 N–H and O–H groups in total. The average molecular weight is 708 g/mol. The molecule has 0 spiro atoms. The van der Waals surface area contributed by atoms with Crippen LogP contribution in [-0.4, -0.2) is 24.7 Å². The lowest BCUT2D eigenvalue weighted by atomic mass is 9.73. The first-order valence-electron chi connectivity index (χ1n) is 8.00. The van der Waals surface area contributed by atoms with Crippen LogP contribution in [-0.2, 0) is 5.41 Å². The summed E-state index contributed by atoms with van der Waals surface area (Å²) in [4.78, 5) is 0. The van der Waals surface area contributed by atoms with Gasteiger partial charge in [0.1, 0.15) is 6.42 Å². The number of hydrogen-bond donors (Lipinski definition) is 0. The molecule has 0 bridgehead atoms. The molecule has 0 saturated heterocycles. The van der Waals surface area contributed by atoms with Crippen molar-refractivity contribution in [2.45, 2.75) is 36.5 Å². The molecule has 0 atom stereocenters. The van der Waals surface area contributed by atoms with Crippen molar-refractivity contribution < 1.29 is 52.7 Å².